The predicted molar refractivity (Wildman–Crippen MR) is 95.6 cm³/mol. The van der Waals surface area contributed by atoms with E-state index in [4.69, 9.17) is 11.6 Å². The predicted octanol–water partition coefficient (Wildman–Crippen LogP) is 2.90. The third-order valence-corrected chi connectivity index (χ3v) is 5.34. The van der Waals surface area contributed by atoms with Crippen LogP contribution in [-0.2, 0) is 21.9 Å². The lowest BCUT2D eigenvalue weighted by molar-refractivity contribution is -0.107. The zero-order valence-corrected chi connectivity index (χ0v) is 14.8. The van der Waals surface area contributed by atoms with E-state index >= 15 is 0 Å². The topological polar surface area (TPSA) is 74.0 Å². The molecule has 0 aliphatic heterocycles. The third kappa shape index (κ3) is 3.72. The first-order chi connectivity index (χ1) is 11.9. The van der Waals surface area contributed by atoms with Crippen LogP contribution in [-0.4, -0.2) is 27.4 Å². The normalized spacial score (nSPS) is 11.9. The van der Waals surface area contributed by atoms with Crippen molar-refractivity contribution in [3.63, 3.8) is 0 Å². The summed E-state index contributed by atoms with van der Waals surface area (Å²) < 4.78 is 28.1. The highest BCUT2D eigenvalue weighted by atomic mass is 35.5. The van der Waals surface area contributed by atoms with Gasteiger partial charge in [-0.05, 0) is 53.1 Å². The van der Waals surface area contributed by atoms with Gasteiger partial charge in [-0.1, -0.05) is 12.1 Å². The maximum absolute atomic E-state index is 12.7. The first-order valence-electron chi connectivity index (χ1n) is 7.26. The summed E-state index contributed by atoms with van der Waals surface area (Å²) in [5, 5.41) is 3.48. The first kappa shape index (κ1) is 17.2. The fourth-order valence-corrected chi connectivity index (χ4v) is 3.58. The van der Waals surface area contributed by atoms with Gasteiger partial charge in [0.15, 0.2) is 0 Å². The Hall–Kier alpha value is -2.64. The van der Waals surface area contributed by atoms with Crippen LogP contribution in [0.3, 0.4) is 0 Å². The third-order valence-electron chi connectivity index (χ3n) is 3.56. The molecule has 128 valence electrons. The van der Waals surface area contributed by atoms with Crippen molar-refractivity contribution >= 4 is 32.9 Å². The van der Waals surface area contributed by atoms with Gasteiger partial charge in [-0.3, -0.25) is 9.48 Å². The molecule has 0 N–H and O–H groups in total. The number of benzene rings is 1. The minimum absolute atomic E-state index is 0.166. The Kier molecular flexibility index (Phi) is 4.61. The van der Waals surface area contributed by atoms with E-state index in [0.717, 1.165) is 21.2 Å². The summed E-state index contributed by atoms with van der Waals surface area (Å²) in [5.41, 5.74) is 2.35. The minimum Gasteiger partial charge on any atom is -0.276 e. The highest BCUT2D eigenvalue weighted by Crippen LogP contribution is 2.22. The minimum atomic E-state index is -3.71. The van der Waals surface area contributed by atoms with Gasteiger partial charge in [-0.15, -0.1) is 0 Å². The summed E-state index contributed by atoms with van der Waals surface area (Å²) in [6, 6.07) is 8.16. The molecule has 0 radical (unpaired) electrons. The lowest BCUT2D eigenvalue weighted by Crippen LogP contribution is -2.10. The number of halogens is 1. The van der Waals surface area contributed by atoms with Gasteiger partial charge in [0, 0.05) is 31.2 Å². The maximum Gasteiger partial charge on any atom is 0.267 e. The molecule has 0 aliphatic carbocycles. The number of carbonyl (C=O) groups excluding carboxylic acids is 1. The summed E-state index contributed by atoms with van der Waals surface area (Å²) in [4.78, 5) is 10.9. The van der Waals surface area contributed by atoms with Gasteiger partial charge in [0.25, 0.3) is 10.0 Å². The van der Waals surface area contributed by atoms with Gasteiger partial charge in [0.2, 0.25) is 5.24 Å². The lowest BCUT2D eigenvalue weighted by Gasteiger charge is -2.06. The van der Waals surface area contributed by atoms with Crippen molar-refractivity contribution in [1.29, 1.82) is 0 Å². The molecule has 0 unspecified atom stereocenters. The van der Waals surface area contributed by atoms with Crippen LogP contribution in [0, 0.1) is 0 Å². The summed E-state index contributed by atoms with van der Waals surface area (Å²) in [7, 11) is -1.89. The summed E-state index contributed by atoms with van der Waals surface area (Å²) in [6.07, 6.45) is 9.02. The Morgan fingerprint density at radius 2 is 1.84 bits per heavy atom. The Bertz CT molecular complexity index is 1050. The molecule has 0 amide bonds. The van der Waals surface area contributed by atoms with Gasteiger partial charge in [0.1, 0.15) is 0 Å². The molecule has 0 bridgehead atoms. The number of carbonyl (C=O) groups is 1. The number of allylic oxidation sites excluding steroid dienone is 1. The summed E-state index contributed by atoms with van der Waals surface area (Å²) >= 11 is 5.23. The van der Waals surface area contributed by atoms with Crippen molar-refractivity contribution in [2.75, 3.05) is 0 Å². The number of aryl methyl sites for hydroxylation is 1. The maximum atomic E-state index is 12.7. The molecule has 0 aliphatic rings. The van der Waals surface area contributed by atoms with Crippen molar-refractivity contribution in [1.82, 2.24) is 13.8 Å². The molecule has 3 aromatic rings. The van der Waals surface area contributed by atoms with Crippen LogP contribution in [0.1, 0.15) is 5.56 Å². The summed E-state index contributed by atoms with van der Waals surface area (Å²) in [5.74, 6) is 0. The van der Waals surface area contributed by atoms with Crippen LogP contribution in [0.15, 0.2) is 66.1 Å². The number of hydrogen-bond acceptors (Lipinski definition) is 4. The SMILES string of the molecule is Cn1cc(-c2ccc(S(=O)(=O)n3ccc(/C=C/C(=O)Cl)c3)cc2)cn1. The molecule has 0 saturated heterocycles. The van der Waals surface area contributed by atoms with E-state index in [1.54, 1.807) is 41.2 Å². The van der Waals surface area contributed by atoms with Gasteiger partial charge in [0.05, 0.1) is 11.1 Å². The Balaban J connectivity index is 1.88. The van der Waals surface area contributed by atoms with Crippen LogP contribution >= 0.6 is 11.6 Å². The molecule has 0 atom stereocenters. The second-order valence-corrected chi connectivity index (χ2v) is 7.56. The quantitative estimate of drug-likeness (QED) is 0.507. The lowest BCUT2D eigenvalue weighted by atomic mass is 10.1. The molecule has 25 heavy (non-hydrogen) atoms. The molecule has 3 rings (SSSR count). The van der Waals surface area contributed by atoms with Gasteiger partial charge in [-0.25, -0.2) is 12.4 Å². The average Bonchev–Trinajstić information content (AvgIpc) is 3.22. The molecular formula is C17H14ClN3O3S. The molecule has 6 nitrogen and oxygen atoms in total. The van der Waals surface area contributed by atoms with E-state index in [2.05, 4.69) is 5.10 Å². The monoisotopic (exact) mass is 375 g/mol. The molecule has 0 fully saturated rings. The smallest absolute Gasteiger partial charge is 0.267 e. The highest BCUT2D eigenvalue weighted by molar-refractivity contribution is 7.90. The fourth-order valence-electron chi connectivity index (χ4n) is 2.31. The number of nitrogens with zero attached hydrogens (tertiary/aromatic N) is 3. The van der Waals surface area contributed by atoms with E-state index in [1.807, 2.05) is 13.2 Å². The summed E-state index contributed by atoms with van der Waals surface area (Å²) in [6.45, 7) is 0. The van der Waals surface area contributed by atoms with Gasteiger partial charge < -0.3 is 0 Å². The van der Waals surface area contributed by atoms with Crippen LogP contribution in [0.4, 0.5) is 0 Å². The van der Waals surface area contributed by atoms with Crippen LogP contribution < -0.4 is 0 Å². The van der Waals surface area contributed by atoms with Crippen molar-refractivity contribution in [2.24, 2.45) is 7.05 Å². The molecule has 1 aromatic carbocycles. The number of rotatable bonds is 5. The Morgan fingerprint density at radius 1 is 1.12 bits per heavy atom. The Morgan fingerprint density at radius 3 is 2.44 bits per heavy atom. The largest absolute Gasteiger partial charge is 0.276 e. The number of aromatic nitrogens is 3. The number of hydrogen-bond donors (Lipinski definition) is 0. The van der Waals surface area contributed by atoms with E-state index in [9.17, 15) is 13.2 Å². The van der Waals surface area contributed by atoms with E-state index in [0.29, 0.717) is 5.56 Å². The molecule has 2 heterocycles. The van der Waals surface area contributed by atoms with E-state index in [-0.39, 0.29) is 4.90 Å². The van der Waals surface area contributed by atoms with E-state index < -0.39 is 15.3 Å². The van der Waals surface area contributed by atoms with Crippen LogP contribution in [0.2, 0.25) is 0 Å². The van der Waals surface area contributed by atoms with Crippen LogP contribution in [0.5, 0.6) is 0 Å². The van der Waals surface area contributed by atoms with Crippen molar-refractivity contribution in [2.45, 2.75) is 4.90 Å². The second-order valence-electron chi connectivity index (χ2n) is 5.34. The van der Waals surface area contributed by atoms with Crippen molar-refractivity contribution in [3.8, 4) is 11.1 Å². The van der Waals surface area contributed by atoms with Crippen molar-refractivity contribution < 1.29 is 13.2 Å². The van der Waals surface area contributed by atoms with Crippen LogP contribution in [0.25, 0.3) is 17.2 Å². The van der Waals surface area contributed by atoms with Gasteiger partial charge in [-0.2, -0.15) is 5.10 Å². The zero-order chi connectivity index (χ0) is 18.0. The van der Waals surface area contributed by atoms with Crippen molar-refractivity contribution in [3.05, 3.63) is 66.8 Å². The molecule has 0 saturated carbocycles. The Labute approximate surface area is 150 Å². The molecule has 2 aromatic heterocycles. The molecular weight excluding hydrogens is 362 g/mol. The zero-order valence-electron chi connectivity index (χ0n) is 13.2. The average molecular weight is 376 g/mol. The molecule has 8 heteroatoms. The first-order valence-corrected chi connectivity index (χ1v) is 9.08. The second kappa shape index (κ2) is 6.70. The van der Waals surface area contributed by atoms with E-state index in [1.165, 1.54) is 18.5 Å². The standard InChI is InChI=1S/C17H14ClN3O3S/c1-20-12-15(10-19-20)14-3-5-16(6-4-14)25(23,24)21-9-8-13(11-21)2-7-17(18)22/h2-12H,1H3/b7-2+. The van der Waals surface area contributed by atoms with Gasteiger partial charge >= 0.3 is 0 Å². The highest BCUT2D eigenvalue weighted by Gasteiger charge is 2.16. The fraction of sp³-hybridized carbons (Fsp3) is 0.0588. The molecule has 0 spiro atoms.